The summed E-state index contributed by atoms with van der Waals surface area (Å²) in [5.41, 5.74) is 3.00. The molecule has 128 valence electrons. The van der Waals surface area contributed by atoms with Gasteiger partial charge >= 0.3 is 0 Å². The lowest BCUT2D eigenvalue weighted by Crippen LogP contribution is -2.28. The topological polar surface area (TPSA) is 67.0 Å². The summed E-state index contributed by atoms with van der Waals surface area (Å²) >= 11 is 0. The zero-order valence-electron chi connectivity index (χ0n) is 13.6. The summed E-state index contributed by atoms with van der Waals surface area (Å²) in [6.45, 7) is 1.29. The molecule has 0 radical (unpaired) electrons. The fraction of sp³-hybridized carbons (Fsp3) is 0.263. The number of hydrogen-bond donors (Lipinski definition) is 2. The summed E-state index contributed by atoms with van der Waals surface area (Å²) in [6.07, 6.45) is 1.53. The van der Waals surface area contributed by atoms with E-state index in [1.807, 2.05) is 24.3 Å². The van der Waals surface area contributed by atoms with Crippen LogP contribution in [-0.2, 0) is 9.53 Å². The summed E-state index contributed by atoms with van der Waals surface area (Å²) in [5.74, 6) is 0.422. The van der Waals surface area contributed by atoms with Gasteiger partial charge in [-0.2, -0.15) is 0 Å². The number of aromatic amines is 1. The number of halogens is 1. The molecule has 25 heavy (non-hydrogen) atoms. The van der Waals surface area contributed by atoms with Crippen LogP contribution in [-0.4, -0.2) is 29.1 Å². The van der Waals surface area contributed by atoms with Crippen molar-refractivity contribution in [3.05, 3.63) is 48.3 Å². The van der Waals surface area contributed by atoms with Crippen molar-refractivity contribution in [2.24, 2.45) is 5.92 Å². The Hall–Kier alpha value is -2.73. The number of aromatic nitrogens is 2. The first-order valence-corrected chi connectivity index (χ1v) is 8.33. The maximum atomic E-state index is 13.3. The van der Waals surface area contributed by atoms with Gasteiger partial charge in [-0.05, 0) is 55.3 Å². The van der Waals surface area contributed by atoms with Crippen molar-refractivity contribution in [3.63, 3.8) is 0 Å². The number of carbonyl (C=O) groups is 1. The molecule has 0 atom stereocenters. The molecule has 1 amide bonds. The Morgan fingerprint density at radius 1 is 1.16 bits per heavy atom. The molecule has 5 nitrogen and oxygen atoms in total. The zero-order chi connectivity index (χ0) is 17.2. The molecule has 2 aromatic carbocycles. The van der Waals surface area contributed by atoms with E-state index in [4.69, 9.17) is 4.74 Å². The molecule has 4 rings (SSSR count). The first kappa shape index (κ1) is 15.8. The third kappa shape index (κ3) is 3.39. The second-order valence-electron chi connectivity index (χ2n) is 6.20. The highest BCUT2D eigenvalue weighted by atomic mass is 19.1. The number of hydrogen-bond acceptors (Lipinski definition) is 3. The largest absolute Gasteiger partial charge is 0.381 e. The number of benzene rings is 2. The number of amides is 1. The second kappa shape index (κ2) is 6.64. The van der Waals surface area contributed by atoms with Crippen molar-refractivity contribution >= 4 is 22.6 Å². The van der Waals surface area contributed by atoms with Gasteiger partial charge in [-0.15, -0.1) is 0 Å². The van der Waals surface area contributed by atoms with Crippen LogP contribution in [0.3, 0.4) is 0 Å². The highest BCUT2D eigenvalue weighted by Crippen LogP contribution is 2.23. The zero-order valence-corrected chi connectivity index (χ0v) is 13.6. The fourth-order valence-corrected chi connectivity index (χ4v) is 3.03. The van der Waals surface area contributed by atoms with E-state index >= 15 is 0 Å². The molecular formula is C19H18FN3O2. The Kier molecular flexibility index (Phi) is 4.19. The summed E-state index contributed by atoms with van der Waals surface area (Å²) in [6, 6.07) is 11.9. The van der Waals surface area contributed by atoms with E-state index in [1.165, 1.54) is 12.1 Å². The molecular weight excluding hydrogens is 321 g/mol. The van der Waals surface area contributed by atoms with Crippen LogP contribution in [0, 0.1) is 11.7 Å². The summed E-state index contributed by atoms with van der Waals surface area (Å²) in [5, 5.41) is 2.95. The average Bonchev–Trinajstić information content (AvgIpc) is 3.06. The van der Waals surface area contributed by atoms with Gasteiger partial charge in [0.05, 0.1) is 11.0 Å². The Bertz CT molecular complexity index is 899. The number of H-pyrrole nitrogens is 1. The summed E-state index contributed by atoms with van der Waals surface area (Å²) in [4.78, 5) is 19.8. The molecule has 2 heterocycles. The molecule has 1 fully saturated rings. The van der Waals surface area contributed by atoms with Gasteiger partial charge in [0.1, 0.15) is 11.6 Å². The van der Waals surface area contributed by atoms with E-state index in [0.717, 1.165) is 24.1 Å². The van der Waals surface area contributed by atoms with Crippen LogP contribution in [0.1, 0.15) is 12.8 Å². The maximum Gasteiger partial charge on any atom is 0.227 e. The second-order valence-corrected chi connectivity index (χ2v) is 6.20. The molecule has 0 spiro atoms. The number of anilines is 1. The summed E-state index contributed by atoms with van der Waals surface area (Å²) < 4.78 is 18.6. The first-order chi connectivity index (χ1) is 12.2. The first-order valence-electron chi connectivity index (χ1n) is 8.33. The molecule has 1 aliphatic rings. The third-order valence-corrected chi connectivity index (χ3v) is 4.46. The lowest BCUT2D eigenvalue weighted by atomic mass is 9.99. The fourth-order valence-electron chi connectivity index (χ4n) is 3.03. The minimum absolute atomic E-state index is 0.0127. The van der Waals surface area contributed by atoms with Crippen LogP contribution in [0.2, 0.25) is 0 Å². The third-order valence-electron chi connectivity index (χ3n) is 4.46. The van der Waals surface area contributed by atoms with Crippen molar-refractivity contribution in [1.82, 2.24) is 9.97 Å². The van der Waals surface area contributed by atoms with Gasteiger partial charge in [0, 0.05) is 30.4 Å². The van der Waals surface area contributed by atoms with Gasteiger partial charge in [-0.1, -0.05) is 0 Å². The highest BCUT2D eigenvalue weighted by Gasteiger charge is 2.21. The predicted octanol–water partition coefficient (Wildman–Crippen LogP) is 3.73. The van der Waals surface area contributed by atoms with Crippen LogP contribution >= 0.6 is 0 Å². The molecule has 0 saturated carbocycles. The van der Waals surface area contributed by atoms with Gasteiger partial charge in [0.2, 0.25) is 5.91 Å². The lowest BCUT2D eigenvalue weighted by Gasteiger charge is -2.21. The normalized spacial score (nSPS) is 15.4. The van der Waals surface area contributed by atoms with E-state index in [0.29, 0.717) is 30.1 Å². The molecule has 0 bridgehead atoms. The van der Waals surface area contributed by atoms with Gasteiger partial charge in [0.15, 0.2) is 0 Å². The van der Waals surface area contributed by atoms with Crippen molar-refractivity contribution in [2.45, 2.75) is 12.8 Å². The van der Waals surface area contributed by atoms with E-state index in [1.54, 1.807) is 6.07 Å². The van der Waals surface area contributed by atoms with Gasteiger partial charge < -0.3 is 15.0 Å². The number of imidazole rings is 1. The number of ether oxygens (including phenoxy) is 1. The van der Waals surface area contributed by atoms with E-state index in [-0.39, 0.29) is 17.6 Å². The van der Waals surface area contributed by atoms with E-state index in [9.17, 15) is 9.18 Å². The van der Waals surface area contributed by atoms with Crippen molar-refractivity contribution in [3.8, 4) is 11.4 Å². The molecule has 3 aromatic rings. The number of carbonyl (C=O) groups excluding carboxylic acids is 1. The van der Waals surface area contributed by atoms with E-state index < -0.39 is 0 Å². The molecule has 1 aromatic heterocycles. The minimum atomic E-state index is -0.297. The molecule has 0 unspecified atom stereocenters. The number of fused-ring (bicyclic) bond motifs is 1. The average molecular weight is 339 g/mol. The van der Waals surface area contributed by atoms with Crippen molar-refractivity contribution < 1.29 is 13.9 Å². The SMILES string of the molecule is O=C(Nc1ccc(-c2nc3ccc(F)cc3[nH]2)cc1)C1CCOCC1. The molecule has 1 aliphatic heterocycles. The monoisotopic (exact) mass is 339 g/mol. The maximum absolute atomic E-state index is 13.3. The van der Waals surface area contributed by atoms with Crippen LogP contribution in [0.25, 0.3) is 22.4 Å². The molecule has 0 aliphatic carbocycles. The standard InChI is InChI=1S/C19H18FN3O2/c20-14-3-6-16-17(11-14)23-18(22-16)12-1-4-15(5-2-12)21-19(24)13-7-9-25-10-8-13/h1-6,11,13H,7-10H2,(H,21,24)(H,22,23). The quantitative estimate of drug-likeness (QED) is 0.764. The van der Waals surface area contributed by atoms with Gasteiger partial charge in [0.25, 0.3) is 0 Å². The molecule has 6 heteroatoms. The summed E-state index contributed by atoms with van der Waals surface area (Å²) in [7, 11) is 0. The Balaban J connectivity index is 1.49. The smallest absolute Gasteiger partial charge is 0.227 e. The predicted molar refractivity (Wildman–Crippen MR) is 93.7 cm³/mol. The van der Waals surface area contributed by atoms with Crippen LogP contribution in [0.5, 0.6) is 0 Å². The lowest BCUT2D eigenvalue weighted by molar-refractivity contribution is -0.122. The Morgan fingerprint density at radius 2 is 1.92 bits per heavy atom. The highest BCUT2D eigenvalue weighted by molar-refractivity contribution is 5.92. The van der Waals surface area contributed by atoms with E-state index in [2.05, 4.69) is 15.3 Å². The van der Waals surface area contributed by atoms with Gasteiger partial charge in [-0.25, -0.2) is 9.37 Å². The minimum Gasteiger partial charge on any atom is -0.381 e. The van der Waals surface area contributed by atoms with Crippen LogP contribution in [0.4, 0.5) is 10.1 Å². The molecule has 2 N–H and O–H groups in total. The van der Waals surface area contributed by atoms with Crippen molar-refractivity contribution in [1.29, 1.82) is 0 Å². The number of nitrogens with one attached hydrogen (secondary N) is 2. The number of rotatable bonds is 3. The Labute approximate surface area is 144 Å². The Morgan fingerprint density at radius 3 is 2.68 bits per heavy atom. The number of nitrogens with zero attached hydrogens (tertiary/aromatic N) is 1. The van der Waals surface area contributed by atoms with Crippen LogP contribution in [0.15, 0.2) is 42.5 Å². The van der Waals surface area contributed by atoms with Crippen molar-refractivity contribution in [2.75, 3.05) is 18.5 Å². The van der Waals surface area contributed by atoms with Gasteiger partial charge in [-0.3, -0.25) is 4.79 Å². The van der Waals surface area contributed by atoms with Crippen LogP contribution < -0.4 is 5.32 Å². The molecule has 1 saturated heterocycles.